The number of aromatic hydroxyl groups is 1. The minimum atomic E-state index is -4.14. The van der Waals surface area contributed by atoms with E-state index in [2.05, 4.69) is 27.8 Å². The topological polar surface area (TPSA) is 169 Å². The molecule has 69 heavy (non-hydrogen) atoms. The second-order valence-corrected chi connectivity index (χ2v) is 20.3. The number of thioether (sulfide) groups is 2. The maximum absolute atomic E-state index is 14.7. The van der Waals surface area contributed by atoms with Crippen molar-refractivity contribution in [1.82, 2.24) is 24.5 Å². The Kier molecular flexibility index (Phi) is 20.2. The summed E-state index contributed by atoms with van der Waals surface area (Å²) in [4.78, 5) is 30.5. The molecule has 0 fully saturated rings. The molecule has 0 aliphatic heterocycles. The van der Waals surface area contributed by atoms with Crippen molar-refractivity contribution in [3.05, 3.63) is 108 Å². The maximum atomic E-state index is 14.7. The highest BCUT2D eigenvalue weighted by Crippen LogP contribution is 2.37. The number of para-hydroxylation sites is 1. The van der Waals surface area contributed by atoms with Gasteiger partial charge in [0.05, 0.1) is 24.0 Å². The van der Waals surface area contributed by atoms with Crippen molar-refractivity contribution in [2.75, 3.05) is 43.2 Å². The minimum absolute atomic E-state index is 0.0522. The number of hydrogen-bond donors (Lipinski definition) is 2. The van der Waals surface area contributed by atoms with E-state index in [0.29, 0.717) is 50.8 Å². The summed E-state index contributed by atoms with van der Waals surface area (Å²) in [5.74, 6) is 0.0865. The number of carbonyl (C=O) groups excluding carboxylic acids is 2. The molecule has 2 amide bonds. The van der Waals surface area contributed by atoms with Crippen molar-refractivity contribution in [1.29, 1.82) is 0 Å². The molecule has 0 unspecified atom stereocenters. The number of benzene rings is 5. The number of tetrazole rings is 1. The minimum Gasteiger partial charge on any atom is -0.506 e. The Balaban J connectivity index is 1.27. The van der Waals surface area contributed by atoms with Crippen LogP contribution in [0.2, 0.25) is 0 Å². The first-order valence-corrected chi connectivity index (χ1v) is 27.6. The van der Waals surface area contributed by atoms with Gasteiger partial charge in [-0.25, -0.2) is 13.2 Å². The van der Waals surface area contributed by atoms with E-state index in [1.807, 2.05) is 30.5 Å². The number of amides is 2. The number of rotatable bonds is 27. The molecule has 5 aromatic carbocycles. The molecule has 14 nitrogen and oxygen atoms in total. The number of methoxy groups -OCH3 is 1. The number of ether oxygens (including phenoxy) is 2. The molecule has 6 rings (SSSR count). The average molecular weight is 996 g/mol. The van der Waals surface area contributed by atoms with Crippen LogP contribution in [0.3, 0.4) is 0 Å². The largest absolute Gasteiger partial charge is 0.506 e. The molecule has 6 aromatic rings. The van der Waals surface area contributed by atoms with Gasteiger partial charge in [-0.1, -0.05) is 140 Å². The first-order valence-electron chi connectivity index (χ1n) is 23.9. The summed E-state index contributed by atoms with van der Waals surface area (Å²) in [6.07, 6.45) is 14.9. The van der Waals surface area contributed by atoms with Crippen molar-refractivity contribution in [3.8, 4) is 22.9 Å². The standard InChI is InChI=1S/C52H65N7O7S3/c1-6-9-10-11-12-13-14-15-16-17-18-21-35-58(44-25-22-23-42-41(44)32-33-43(49(42)60)50(61)53-39-28-30-40(65-4)31-29-39)52(62)66-46-34-27-38(36-48(46)69(63,64)57(7-2)8-3)37-68-51-54-55-56-59(51)45-24-19-20-26-47(45)67-5/h19-20,22-34,36,60H,6-18,21,35,37H2,1-5H3,(H,53,61). The lowest BCUT2D eigenvalue weighted by molar-refractivity contribution is 0.102. The first-order chi connectivity index (χ1) is 33.5. The van der Waals surface area contributed by atoms with Gasteiger partial charge in [0, 0.05) is 46.7 Å². The molecule has 0 radical (unpaired) electrons. The molecular weight excluding hydrogens is 931 g/mol. The van der Waals surface area contributed by atoms with Gasteiger partial charge in [0.15, 0.2) is 5.75 Å². The van der Waals surface area contributed by atoms with Crippen LogP contribution in [0.25, 0.3) is 16.5 Å². The van der Waals surface area contributed by atoms with Gasteiger partial charge in [0.25, 0.3) is 5.91 Å². The molecule has 0 bridgehead atoms. The Hall–Kier alpha value is -5.62. The van der Waals surface area contributed by atoms with Crippen molar-refractivity contribution in [3.63, 3.8) is 0 Å². The smallest absolute Gasteiger partial charge is 0.419 e. The lowest BCUT2D eigenvalue weighted by Crippen LogP contribution is -2.36. The van der Waals surface area contributed by atoms with E-state index in [1.165, 1.54) is 78.0 Å². The van der Waals surface area contributed by atoms with Crippen LogP contribution in [0.15, 0.2) is 112 Å². The van der Waals surface area contributed by atoms with E-state index < -0.39 is 22.0 Å². The van der Waals surface area contributed by atoms with Crippen molar-refractivity contribution in [2.24, 2.45) is 0 Å². The van der Waals surface area contributed by atoms with Crippen LogP contribution < -0.4 is 19.7 Å². The zero-order chi connectivity index (χ0) is 49.2. The van der Waals surface area contributed by atoms with Crippen LogP contribution >= 0.6 is 23.5 Å². The van der Waals surface area contributed by atoms with Crippen LogP contribution in [-0.4, -0.2) is 83.0 Å². The highest BCUT2D eigenvalue weighted by Gasteiger charge is 2.30. The number of carbonyl (C=O) groups is 2. The van der Waals surface area contributed by atoms with Crippen LogP contribution in [0, 0.1) is 0 Å². The first kappa shape index (κ1) is 52.7. The lowest BCUT2D eigenvalue weighted by atomic mass is 10.0. The van der Waals surface area contributed by atoms with Gasteiger partial charge in [-0.15, -0.1) is 16.9 Å². The number of phenols is 1. The number of phenolic OH excluding ortho intramolecular Hbond substituents is 1. The third kappa shape index (κ3) is 13.8. The molecule has 17 heteroatoms. The van der Waals surface area contributed by atoms with Gasteiger partial charge in [-0.2, -0.15) is 8.99 Å². The number of sulfonamides is 1. The van der Waals surface area contributed by atoms with Gasteiger partial charge >= 0.3 is 6.09 Å². The quantitative estimate of drug-likeness (QED) is 0.0370. The van der Waals surface area contributed by atoms with E-state index in [9.17, 15) is 23.1 Å². The molecule has 0 atom stereocenters. The summed E-state index contributed by atoms with van der Waals surface area (Å²) in [7, 11) is -2.58. The molecule has 2 N–H and O–H groups in total. The van der Waals surface area contributed by atoms with Crippen LogP contribution in [0.5, 0.6) is 17.2 Å². The summed E-state index contributed by atoms with van der Waals surface area (Å²) >= 11 is 2.93. The normalized spacial score (nSPS) is 11.6. The van der Waals surface area contributed by atoms with Gasteiger partial charge in [-0.3, -0.25) is 9.69 Å². The van der Waals surface area contributed by atoms with E-state index in [0.717, 1.165) is 36.3 Å². The summed E-state index contributed by atoms with van der Waals surface area (Å²) in [6, 6.07) is 27.9. The molecule has 0 spiro atoms. The Morgan fingerprint density at radius 1 is 0.783 bits per heavy atom. The second-order valence-electron chi connectivity index (χ2n) is 16.6. The molecular formula is C52H65N7O7S3. The molecule has 1 aromatic heterocycles. The second kappa shape index (κ2) is 26.4. The van der Waals surface area contributed by atoms with Crippen molar-refractivity contribution in [2.45, 2.75) is 119 Å². The number of aromatic nitrogens is 4. The van der Waals surface area contributed by atoms with E-state index in [4.69, 9.17) is 9.47 Å². The van der Waals surface area contributed by atoms with Crippen molar-refractivity contribution < 1.29 is 32.6 Å². The fraction of sp³-hybridized carbons (Fsp3) is 0.404. The van der Waals surface area contributed by atoms with E-state index >= 15 is 0 Å². The lowest BCUT2D eigenvalue weighted by Gasteiger charge is -2.25. The number of nitrogens with zero attached hydrogens (tertiary/aromatic N) is 6. The third-order valence-electron chi connectivity index (χ3n) is 12.0. The molecule has 0 saturated heterocycles. The molecule has 0 aliphatic carbocycles. The summed E-state index contributed by atoms with van der Waals surface area (Å²) < 4.78 is 43.2. The summed E-state index contributed by atoms with van der Waals surface area (Å²) in [6.45, 7) is 6.44. The Labute approximate surface area is 415 Å². The summed E-state index contributed by atoms with van der Waals surface area (Å²) in [5, 5.41) is 28.2. The van der Waals surface area contributed by atoms with Crippen LogP contribution in [0.4, 0.5) is 16.2 Å². The average Bonchev–Trinajstić information content (AvgIpc) is 3.84. The number of nitrogens with one attached hydrogen (secondary N) is 1. The Morgan fingerprint density at radius 3 is 2.13 bits per heavy atom. The van der Waals surface area contributed by atoms with Crippen LogP contribution in [0.1, 0.15) is 114 Å². The predicted octanol–water partition coefficient (Wildman–Crippen LogP) is 12.5. The highest BCUT2D eigenvalue weighted by atomic mass is 32.2. The molecule has 0 aliphatic rings. The highest BCUT2D eigenvalue weighted by molar-refractivity contribution is 7.99. The number of anilines is 2. The molecule has 1 heterocycles. The zero-order valence-corrected chi connectivity index (χ0v) is 42.8. The van der Waals surface area contributed by atoms with Gasteiger partial charge < -0.3 is 19.9 Å². The van der Waals surface area contributed by atoms with E-state index in [-0.39, 0.29) is 41.6 Å². The zero-order valence-electron chi connectivity index (χ0n) is 40.4. The van der Waals surface area contributed by atoms with Crippen molar-refractivity contribution >= 4 is 67.7 Å². The maximum Gasteiger partial charge on any atom is 0.419 e. The number of hydrogen-bond acceptors (Lipinski definition) is 12. The summed E-state index contributed by atoms with van der Waals surface area (Å²) in [5.41, 5.74) is 2.50. The molecule has 368 valence electrons. The molecule has 0 saturated carbocycles. The monoisotopic (exact) mass is 995 g/mol. The van der Waals surface area contributed by atoms with Gasteiger partial charge in [-0.05, 0) is 89.3 Å². The third-order valence-corrected chi connectivity index (χ3v) is 15.8. The van der Waals surface area contributed by atoms with E-state index in [1.54, 1.807) is 98.1 Å². The SMILES string of the molecule is CCCCCCCCCCCCCCN(C(=O)Oc1ccc(CSc2nnnn2-c2ccccc2SC)cc1S(=O)(=O)N(CC)CC)c1cccc2c(O)c(C(=O)Nc3ccc(OC)cc3)ccc12. The number of fused-ring (bicyclic) bond motifs is 1. The fourth-order valence-corrected chi connectivity index (χ4v) is 11.2. The Bertz CT molecular complexity index is 2730. The predicted molar refractivity (Wildman–Crippen MR) is 278 cm³/mol. The fourth-order valence-electron chi connectivity index (χ4n) is 8.19. The number of unbranched alkanes of at least 4 members (excludes halogenated alkanes) is 11. The Morgan fingerprint density at radius 2 is 1.46 bits per heavy atom. The van der Waals surface area contributed by atoms with Crippen LogP contribution in [-0.2, 0) is 15.8 Å². The van der Waals surface area contributed by atoms with Gasteiger partial charge in [0.2, 0.25) is 15.2 Å². The van der Waals surface area contributed by atoms with Gasteiger partial charge in [0.1, 0.15) is 16.4 Å².